The van der Waals surface area contributed by atoms with Crippen molar-refractivity contribution in [2.24, 2.45) is 0 Å². The van der Waals surface area contributed by atoms with Crippen molar-refractivity contribution >= 4 is 5.91 Å². The van der Waals surface area contributed by atoms with E-state index in [9.17, 15) is 9.90 Å². The van der Waals surface area contributed by atoms with Gasteiger partial charge >= 0.3 is 0 Å². The molecule has 0 atom stereocenters. The predicted octanol–water partition coefficient (Wildman–Crippen LogP) is 3.30. The first-order chi connectivity index (χ1) is 9.75. The highest BCUT2D eigenvalue weighted by molar-refractivity contribution is 5.95. The second kappa shape index (κ2) is 5.37. The fourth-order valence-corrected chi connectivity index (χ4v) is 2.64. The molecule has 0 saturated carbocycles. The van der Waals surface area contributed by atoms with Gasteiger partial charge in [-0.15, -0.1) is 0 Å². The van der Waals surface area contributed by atoms with E-state index in [-0.39, 0.29) is 11.7 Å². The van der Waals surface area contributed by atoms with Crippen molar-refractivity contribution in [1.82, 2.24) is 4.90 Å². The lowest BCUT2D eigenvalue weighted by atomic mass is 10.0. The Bertz CT molecular complexity index is 630. The minimum atomic E-state index is 0.0831. The number of phenols is 1. The van der Waals surface area contributed by atoms with Crippen LogP contribution in [0, 0.1) is 0 Å². The monoisotopic (exact) mass is 267 g/mol. The average molecular weight is 267 g/mol. The molecule has 3 rings (SSSR count). The van der Waals surface area contributed by atoms with Gasteiger partial charge in [-0.25, -0.2) is 0 Å². The van der Waals surface area contributed by atoms with E-state index in [2.05, 4.69) is 0 Å². The normalized spacial score (nSPS) is 14.5. The fourth-order valence-electron chi connectivity index (χ4n) is 2.64. The second-order valence-corrected chi connectivity index (χ2v) is 5.10. The van der Waals surface area contributed by atoms with E-state index in [1.807, 2.05) is 41.3 Å². The van der Waals surface area contributed by atoms with E-state index >= 15 is 0 Å². The molecule has 1 amide bonds. The second-order valence-electron chi connectivity index (χ2n) is 5.10. The number of nitrogens with zero attached hydrogens (tertiary/aromatic N) is 1. The third kappa shape index (κ3) is 2.39. The Hall–Kier alpha value is -2.29. The van der Waals surface area contributed by atoms with Crippen LogP contribution >= 0.6 is 0 Å². The summed E-state index contributed by atoms with van der Waals surface area (Å²) < 4.78 is 0. The number of hydrogen-bond acceptors (Lipinski definition) is 2. The number of likely N-dealkylation sites (tertiary alicyclic amines) is 1. The molecule has 1 aliphatic heterocycles. The van der Waals surface area contributed by atoms with Crippen LogP contribution in [0.3, 0.4) is 0 Å². The lowest BCUT2D eigenvalue weighted by molar-refractivity contribution is 0.0793. The number of para-hydroxylation sites is 1. The van der Waals surface area contributed by atoms with Gasteiger partial charge in [0.25, 0.3) is 5.91 Å². The van der Waals surface area contributed by atoms with Gasteiger partial charge in [0.2, 0.25) is 0 Å². The molecule has 0 bridgehead atoms. The van der Waals surface area contributed by atoms with Gasteiger partial charge < -0.3 is 10.0 Å². The lowest BCUT2D eigenvalue weighted by Crippen LogP contribution is -2.27. The quantitative estimate of drug-likeness (QED) is 0.907. The molecule has 1 saturated heterocycles. The molecule has 102 valence electrons. The summed E-state index contributed by atoms with van der Waals surface area (Å²) in [5, 5.41) is 9.91. The minimum absolute atomic E-state index is 0.0831. The molecule has 2 aromatic rings. The van der Waals surface area contributed by atoms with Crippen molar-refractivity contribution in [3.05, 3.63) is 54.1 Å². The van der Waals surface area contributed by atoms with Crippen molar-refractivity contribution in [2.75, 3.05) is 13.1 Å². The molecule has 1 N–H and O–H groups in total. The summed E-state index contributed by atoms with van der Waals surface area (Å²) in [6.45, 7) is 1.69. The number of phenolic OH excluding ortho intramolecular Hbond substituents is 1. The fraction of sp³-hybridized carbons (Fsp3) is 0.235. The molecule has 0 spiro atoms. The van der Waals surface area contributed by atoms with Crippen molar-refractivity contribution in [3.63, 3.8) is 0 Å². The molecule has 20 heavy (non-hydrogen) atoms. The highest BCUT2D eigenvalue weighted by atomic mass is 16.3. The number of hydrogen-bond donors (Lipinski definition) is 1. The molecule has 2 aromatic carbocycles. The van der Waals surface area contributed by atoms with Crippen molar-refractivity contribution in [1.29, 1.82) is 0 Å². The zero-order valence-corrected chi connectivity index (χ0v) is 11.2. The van der Waals surface area contributed by atoms with E-state index < -0.39 is 0 Å². The first-order valence-electron chi connectivity index (χ1n) is 6.93. The average Bonchev–Trinajstić information content (AvgIpc) is 3.01. The Morgan fingerprint density at radius 1 is 1.00 bits per heavy atom. The third-order valence-corrected chi connectivity index (χ3v) is 3.72. The van der Waals surface area contributed by atoms with Gasteiger partial charge in [0, 0.05) is 24.2 Å². The molecule has 0 radical (unpaired) electrons. The van der Waals surface area contributed by atoms with Crippen LogP contribution in [0.15, 0.2) is 48.5 Å². The molecule has 3 heteroatoms. The summed E-state index contributed by atoms with van der Waals surface area (Å²) in [6, 6.07) is 14.7. The number of carbonyl (C=O) groups excluding carboxylic acids is 1. The standard InChI is InChI=1S/C17H17NO2/c19-16-9-2-1-8-15(16)13-6-5-7-14(12-13)17(20)18-10-3-4-11-18/h1-2,5-9,12,19H,3-4,10-11H2. The number of benzene rings is 2. The van der Waals surface area contributed by atoms with Crippen LogP contribution in [0.2, 0.25) is 0 Å². The Labute approximate surface area is 118 Å². The number of carbonyl (C=O) groups is 1. The Morgan fingerprint density at radius 3 is 2.50 bits per heavy atom. The molecule has 3 nitrogen and oxygen atoms in total. The molecule has 1 fully saturated rings. The van der Waals surface area contributed by atoms with E-state index in [1.54, 1.807) is 12.1 Å². The first-order valence-corrected chi connectivity index (χ1v) is 6.93. The first kappa shape index (κ1) is 12.7. The zero-order chi connectivity index (χ0) is 13.9. The Kier molecular flexibility index (Phi) is 3.42. The van der Waals surface area contributed by atoms with E-state index in [4.69, 9.17) is 0 Å². The summed E-state index contributed by atoms with van der Waals surface area (Å²) >= 11 is 0. The van der Waals surface area contributed by atoms with Crippen LogP contribution in [0.25, 0.3) is 11.1 Å². The molecular weight excluding hydrogens is 250 g/mol. The smallest absolute Gasteiger partial charge is 0.253 e. The topological polar surface area (TPSA) is 40.5 Å². The SMILES string of the molecule is O=C(c1cccc(-c2ccccc2O)c1)N1CCCC1. The Balaban J connectivity index is 1.93. The summed E-state index contributed by atoms with van der Waals surface area (Å²) in [7, 11) is 0. The molecule has 1 heterocycles. The third-order valence-electron chi connectivity index (χ3n) is 3.72. The molecular formula is C17H17NO2. The number of aromatic hydroxyl groups is 1. The maximum Gasteiger partial charge on any atom is 0.253 e. The highest BCUT2D eigenvalue weighted by Gasteiger charge is 2.19. The van der Waals surface area contributed by atoms with Crippen LogP contribution < -0.4 is 0 Å². The van der Waals surface area contributed by atoms with Crippen molar-refractivity contribution < 1.29 is 9.90 Å². The van der Waals surface area contributed by atoms with E-state index in [0.717, 1.165) is 37.1 Å². The van der Waals surface area contributed by atoms with E-state index in [0.29, 0.717) is 5.56 Å². The van der Waals surface area contributed by atoms with Gasteiger partial charge in [0.15, 0.2) is 0 Å². The van der Waals surface area contributed by atoms with E-state index in [1.165, 1.54) is 0 Å². The molecule has 1 aliphatic rings. The van der Waals surface area contributed by atoms with Crippen molar-refractivity contribution in [3.8, 4) is 16.9 Å². The van der Waals surface area contributed by atoms with Gasteiger partial charge in [0.05, 0.1) is 0 Å². The molecule has 0 aromatic heterocycles. The number of amides is 1. The lowest BCUT2D eigenvalue weighted by Gasteiger charge is -2.15. The van der Waals surface area contributed by atoms with Gasteiger partial charge in [-0.2, -0.15) is 0 Å². The largest absolute Gasteiger partial charge is 0.507 e. The zero-order valence-electron chi connectivity index (χ0n) is 11.2. The van der Waals surface area contributed by atoms with Gasteiger partial charge in [-0.1, -0.05) is 30.3 Å². The maximum absolute atomic E-state index is 12.4. The summed E-state index contributed by atoms with van der Waals surface area (Å²) in [5.74, 6) is 0.318. The summed E-state index contributed by atoms with van der Waals surface area (Å²) in [5.41, 5.74) is 2.31. The van der Waals surface area contributed by atoms with Crippen molar-refractivity contribution in [2.45, 2.75) is 12.8 Å². The summed E-state index contributed by atoms with van der Waals surface area (Å²) in [6.07, 6.45) is 2.18. The highest BCUT2D eigenvalue weighted by Crippen LogP contribution is 2.29. The van der Waals surface area contributed by atoms with Crippen LogP contribution in [-0.4, -0.2) is 29.0 Å². The van der Waals surface area contributed by atoms with Crippen LogP contribution in [0.5, 0.6) is 5.75 Å². The van der Waals surface area contributed by atoms with Gasteiger partial charge in [-0.05, 0) is 36.6 Å². The van der Waals surface area contributed by atoms with Gasteiger partial charge in [-0.3, -0.25) is 4.79 Å². The maximum atomic E-state index is 12.4. The molecule has 0 aliphatic carbocycles. The van der Waals surface area contributed by atoms with Crippen LogP contribution in [0.1, 0.15) is 23.2 Å². The summed E-state index contributed by atoms with van der Waals surface area (Å²) in [4.78, 5) is 14.3. The van der Waals surface area contributed by atoms with Crippen LogP contribution in [0.4, 0.5) is 0 Å². The van der Waals surface area contributed by atoms with Crippen LogP contribution in [-0.2, 0) is 0 Å². The Morgan fingerprint density at radius 2 is 1.75 bits per heavy atom. The minimum Gasteiger partial charge on any atom is -0.507 e. The number of rotatable bonds is 2. The molecule has 0 unspecified atom stereocenters. The van der Waals surface area contributed by atoms with Gasteiger partial charge in [0.1, 0.15) is 5.75 Å². The predicted molar refractivity (Wildman–Crippen MR) is 78.7 cm³/mol.